The van der Waals surface area contributed by atoms with E-state index in [1.54, 1.807) is 0 Å². The van der Waals surface area contributed by atoms with Gasteiger partial charge in [-0.1, -0.05) is 11.6 Å². The van der Waals surface area contributed by atoms with Crippen LogP contribution in [0.1, 0.15) is 26.2 Å². The second kappa shape index (κ2) is 6.22. The third-order valence-corrected chi connectivity index (χ3v) is 3.39. The van der Waals surface area contributed by atoms with Gasteiger partial charge in [0.25, 0.3) is 0 Å². The predicted molar refractivity (Wildman–Crippen MR) is 75.2 cm³/mol. The van der Waals surface area contributed by atoms with Crippen LogP contribution in [-0.4, -0.2) is 24.4 Å². The second-order valence-corrected chi connectivity index (χ2v) is 5.27. The number of carbonyl (C=O) groups excluding carboxylic acids is 2. The van der Waals surface area contributed by atoms with Crippen molar-refractivity contribution in [2.45, 2.75) is 32.2 Å². The molecule has 0 aliphatic heterocycles. The van der Waals surface area contributed by atoms with Crippen molar-refractivity contribution in [3.8, 4) is 0 Å². The Balaban J connectivity index is 2.00. The Morgan fingerprint density at radius 1 is 1.45 bits per heavy atom. The van der Waals surface area contributed by atoms with E-state index in [9.17, 15) is 14.0 Å². The van der Waals surface area contributed by atoms with Gasteiger partial charge < -0.3 is 10.2 Å². The van der Waals surface area contributed by atoms with E-state index in [0.717, 1.165) is 12.8 Å². The Labute approximate surface area is 121 Å². The highest BCUT2D eigenvalue weighted by Gasteiger charge is 2.23. The lowest BCUT2D eigenvalue weighted by molar-refractivity contribution is -0.121. The van der Waals surface area contributed by atoms with E-state index in [1.807, 2.05) is 0 Å². The number of hydrogen-bond acceptors (Lipinski definition) is 2. The first-order chi connectivity index (χ1) is 9.47. The van der Waals surface area contributed by atoms with Crippen LogP contribution in [-0.2, 0) is 9.59 Å². The fourth-order valence-electron chi connectivity index (χ4n) is 1.86. The van der Waals surface area contributed by atoms with E-state index in [1.165, 1.54) is 30.0 Å². The average molecular weight is 299 g/mol. The number of amides is 2. The summed E-state index contributed by atoms with van der Waals surface area (Å²) in [6, 6.07) is 4.37. The number of rotatable bonds is 5. The molecule has 20 heavy (non-hydrogen) atoms. The van der Waals surface area contributed by atoms with Gasteiger partial charge in [-0.3, -0.25) is 9.59 Å². The monoisotopic (exact) mass is 298 g/mol. The Morgan fingerprint density at radius 2 is 2.15 bits per heavy atom. The summed E-state index contributed by atoms with van der Waals surface area (Å²) in [4.78, 5) is 24.7. The third-order valence-electron chi connectivity index (χ3n) is 3.10. The van der Waals surface area contributed by atoms with Crippen molar-refractivity contribution in [2.75, 3.05) is 11.4 Å². The molecule has 0 spiro atoms. The molecule has 0 bridgehead atoms. The van der Waals surface area contributed by atoms with Gasteiger partial charge in [-0.15, -0.1) is 0 Å². The maximum atomic E-state index is 13.1. The van der Waals surface area contributed by atoms with Crippen molar-refractivity contribution in [1.29, 1.82) is 0 Å². The number of halogens is 2. The standard InChI is InChI=1S/C14H16ClFN2O2/c1-9(19)18(7-6-14(20)17-10-2-3-10)11-4-5-13(16)12(15)8-11/h4-5,8,10H,2-3,6-7H2,1H3,(H,17,20). The number of benzene rings is 1. The van der Waals surface area contributed by atoms with Crippen molar-refractivity contribution in [3.05, 3.63) is 29.0 Å². The minimum absolute atomic E-state index is 0.0452. The highest BCUT2D eigenvalue weighted by Crippen LogP contribution is 2.23. The predicted octanol–water partition coefficient (Wildman–Crippen LogP) is 2.50. The summed E-state index contributed by atoms with van der Waals surface area (Å²) in [6.45, 7) is 1.64. The molecular weight excluding hydrogens is 283 g/mol. The smallest absolute Gasteiger partial charge is 0.223 e. The lowest BCUT2D eigenvalue weighted by Crippen LogP contribution is -2.34. The van der Waals surface area contributed by atoms with Crippen LogP contribution in [0, 0.1) is 5.82 Å². The fraction of sp³-hybridized carbons (Fsp3) is 0.429. The summed E-state index contributed by atoms with van der Waals surface area (Å²) < 4.78 is 13.1. The maximum absolute atomic E-state index is 13.1. The molecular formula is C14H16ClFN2O2. The second-order valence-electron chi connectivity index (χ2n) is 4.86. The lowest BCUT2D eigenvalue weighted by atomic mass is 10.2. The summed E-state index contributed by atoms with van der Waals surface area (Å²) >= 11 is 5.71. The average Bonchev–Trinajstić information content (AvgIpc) is 3.17. The molecule has 1 saturated carbocycles. The molecule has 0 aromatic heterocycles. The van der Waals surface area contributed by atoms with Gasteiger partial charge in [0.15, 0.2) is 0 Å². The van der Waals surface area contributed by atoms with Gasteiger partial charge >= 0.3 is 0 Å². The van der Waals surface area contributed by atoms with Crippen LogP contribution in [0.25, 0.3) is 0 Å². The molecule has 2 amide bonds. The minimum Gasteiger partial charge on any atom is -0.353 e. The van der Waals surface area contributed by atoms with Gasteiger partial charge in [0.2, 0.25) is 11.8 Å². The molecule has 1 fully saturated rings. The first-order valence-electron chi connectivity index (χ1n) is 6.50. The van der Waals surface area contributed by atoms with E-state index in [-0.39, 0.29) is 29.8 Å². The molecule has 6 heteroatoms. The summed E-state index contributed by atoms with van der Waals surface area (Å²) in [7, 11) is 0. The Kier molecular flexibility index (Phi) is 4.60. The molecule has 4 nitrogen and oxygen atoms in total. The van der Waals surface area contributed by atoms with Crippen LogP contribution < -0.4 is 10.2 Å². The SMILES string of the molecule is CC(=O)N(CCC(=O)NC1CC1)c1ccc(F)c(Cl)c1. The van der Waals surface area contributed by atoms with Crippen molar-refractivity contribution < 1.29 is 14.0 Å². The molecule has 1 aliphatic carbocycles. The van der Waals surface area contributed by atoms with E-state index in [0.29, 0.717) is 11.7 Å². The Bertz CT molecular complexity index is 532. The number of nitrogens with zero attached hydrogens (tertiary/aromatic N) is 1. The van der Waals surface area contributed by atoms with Gasteiger partial charge in [-0.25, -0.2) is 4.39 Å². The van der Waals surface area contributed by atoms with E-state index >= 15 is 0 Å². The topological polar surface area (TPSA) is 49.4 Å². The van der Waals surface area contributed by atoms with Crippen LogP contribution in [0.3, 0.4) is 0 Å². The summed E-state index contributed by atoms with van der Waals surface area (Å²) in [5, 5.41) is 2.81. The number of hydrogen-bond donors (Lipinski definition) is 1. The van der Waals surface area contributed by atoms with Crippen molar-refractivity contribution in [2.24, 2.45) is 0 Å². The van der Waals surface area contributed by atoms with Gasteiger partial charge in [0, 0.05) is 31.6 Å². The largest absolute Gasteiger partial charge is 0.353 e. The number of carbonyl (C=O) groups is 2. The summed E-state index contributed by atoms with van der Waals surface area (Å²) in [6.07, 6.45) is 2.26. The normalized spacial score (nSPS) is 13.9. The first-order valence-corrected chi connectivity index (χ1v) is 6.87. The fourth-order valence-corrected chi connectivity index (χ4v) is 2.04. The summed E-state index contributed by atoms with van der Waals surface area (Å²) in [5.74, 6) is -0.829. The zero-order chi connectivity index (χ0) is 14.7. The molecule has 0 atom stereocenters. The quantitative estimate of drug-likeness (QED) is 0.908. The molecule has 0 radical (unpaired) electrons. The maximum Gasteiger partial charge on any atom is 0.223 e. The van der Waals surface area contributed by atoms with Gasteiger partial charge in [0.05, 0.1) is 5.02 Å². The summed E-state index contributed by atoms with van der Waals surface area (Å²) in [5.41, 5.74) is 0.489. The van der Waals surface area contributed by atoms with Gasteiger partial charge in [0.1, 0.15) is 5.82 Å². The zero-order valence-corrected chi connectivity index (χ0v) is 11.9. The van der Waals surface area contributed by atoms with Gasteiger partial charge in [-0.05, 0) is 31.0 Å². The third kappa shape index (κ3) is 3.93. The van der Waals surface area contributed by atoms with E-state index in [4.69, 9.17) is 11.6 Å². The molecule has 0 saturated heterocycles. The first kappa shape index (κ1) is 14.8. The van der Waals surface area contributed by atoms with Crippen molar-refractivity contribution >= 4 is 29.1 Å². The molecule has 0 unspecified atom stereocenters. The molecule has 1 aromatic rings. The molecule has 108 valence electrons. The van der Waals surface area contributed by atoms with Crippen LogP contribution in [0.15, 0.2) is 18.2 Å². The van der Waals surface area contributed by atoms with Crippen LogP contribution >= 0.6 is 11.6 Å². The molecule has 1 aliphatic rings. The Morgan fingerprint density at radius 3 is 2.70 bits per heavy atom. The van der Waals surface area contributed by atoms with Crippen LogP contribution in [0.4, 0.5) is 10.1 Å². The zero-order valence-electron chi connectivity index (χ0n) is 11.2. The lowest BCUT2D eigenvalue weighted by Gasteiger charge is -2.21. The van der Waals surface area contributed by atoms with E-state index < -0.39 is 5.82 Å². The number of anilines is 1. The van der Waals surface area contributed by atoms with Crippen LogP contribution in [0.2, 0.25) is 5.02 Å². The molecule has 2 rings (SSSR count). The Hall–Kier alpha value is -1.62. The van der Waals surface area contributed by atoms with E-state index in [2.05, 4.69) is 5.32 Å². The van der Waals surface area contributed by atoms with Gasteiger partial charge in [-0.2, -0.15) is 0 Å². The number of nitrogens with one attached hydrogen (secondary N) is 1. The highest BCUT2D eigenvalue weighted by atomic mass is 35.5. The molecule has 1 N–H and O–H groups in total. The highest BCUT2D eigenvalue weighted by molar-refractivity contribution is 6.31. The van der Waals surface area contributed by atoms with Crippen molar-refractivity contribution in [3.63, 3.8) is 0 Å². The molecule has 0 heterocycles. The molecule has 1 aromatic carbocycles. The minimum atomic E-state index is -0.537. The van der Waals surface area contributed by atoms with Crippen LogP contribution in [0.5, 0.6) is 0 Å². The van der Waals surface area contributed by atoms with Crippen molar-refractivity contribution in [1.82, 2.24) is 5.32 Å².